The smallest absolute Gasteiger partial charge is 0.335 e. The molecule has 3 rings (SSSR count). The predicted octanol–water partition coefficient (Wildman–Crippen LogP) is 4.49. The molecule has 0 atom stereocenters. The first-order valence-corrected chi connectivity index (χ1v) is 9.20. The summed E-state index contributed by atoms with van der Waals surface area (Å²) in [5, 5.41) is 25.8. The average molecular weight is 426 g/mol. The number of halogens is 1. The van der Waals surface area contributed by atoms with Gasteiger partial charge in [-0.15, -0.1) is 0 Å². The van der Waals surface area contributed by atoms with Crippen molar-refractivity contribution in [2.24, 2.45) is 10.8 Å². The third-order valence-corrected chi connectivity index (χ3v) is 4.51. The molecule has 0 radical (unpaired) electrons. The number of carboxylic acids is 1. The van der Waals surface area contributed by atoms with Crippen LogP contribution in [-0.2, 0) is 0 Å². The number of rotatable bonds is 5. The minimum absolute atomic E-state index is 0.0285. The highest BCUT2D eigenvalue weighted by Crippen LogP contribution is 2.32. The summed E-state index contributed by atoms with van der Waals surface area (Å²) in [5.74, 6) is -1.05. The Morgan fingerprint density at radius 3 is 2.45 bits per heavy atom. The topological polar surface area (TPSA) is 99.1 Å². The largest absolute Gasteiger partial charge is 0.507 e. The molecular weight excluding hydrogens is 410 g/mol. The summed E-state index contributed by atoms with van der Waals surface area (Å²) < 4.78 is 0. The molecule has 0 aliphatic carbocycles. The molecule has 0 aromatic heterocycles. The lowest BCUT2D eigenvalue weighted by atomic mass is 10.0. The van der Waals surface area contributed by atoms with Crippen LogP contribution >= 0.6 is 23.8 Å². The van der Waals surface area contributed by atoms with Gasteiger partial charge in [0.15, 0.2) is 5.11 Å². The number of hydrogen-bond donors (Lipinski definition) is 3. The molecule has 29 heavy (non-hydrogen) atoms. The summed E-state index contributed by atoms with van der Waals surface area (Å²) in [6, 6.07) is 18.4. The number of anilines is 1. The lowest BCUT2D eigenvalue weighted by Crippen LogP contribution is -2.31. The number of para-hydroxylation sites is 1. The van der Waals surface area contributed by atoms with Gasteiger partial charge in [-0.3, -0.25) is 0 Å². The standard InChI is InChI=1S/C21H16ClN3O3S/c22-16-9-7-13(8-10-16)18-6-2-4-15(19(18)26)12-24-25(21(23)29)17-5-1-3-14(11-17)20(27)28/h1-12,26H,(H2,23,29)(H,27,28). The van der Waals surface area contributed by atoms with Crippen molar-refractivity contribution in [3.8, 4) is 16.9 Å². The summed E-state index contributed by atoms with van der Waals surface area (Å²) in [6.07, 6.45) is 1.40. The zero-order valence-electron chi connectivity index (χ0n) is 15.0. The molecule has 0 bridgehead atoms. The van der Waals surface area contributed by atoms with Crippen LogP contribution in [0.25, 0.3) is 11.1 Å². The maximum absolute atomic E-state index is 11.2. The van der Waals surface area contributed by atoms with Gasteiger partial charge in [-0.25, -0.2) is 9.80 Å². The zero-order chi connectivity index (χ0) is 21.0. The van der Waals surface area contributed by atoms with E-state index >= 15 is 0 Å². The molecule has 6 nitrogen and oxygen atoms in total. The van der Waals surface area contributed by atoms with Gasteiger partial charge < -0.3 is 15.9 Å². The van der Waals surface area contributed by atoms with Gasteiger partial charge >= 0.3 is 5.97 Å². The van der Waals surface area contributed by atoms with Gasteiger partial charge in [0, 0.05) is 16.1 Å². The van der Waals surface area contributed by atoms with Gasteiger partial charge in [0.05, 0.1) is 17.5 Å². The van der Waals surface area contributed by atoms with E-state index in [2.05, 4.69) is 5.10 Å². The van der Waals surface area contributed by atoms with Crippen LogP contribution in [0.4, 0.5) is 5.69 Å². The van der Waals surface area contributed by atoms with Crippen molar-refractivity contribution in [2.45, 2.75) is 0 Å². The number of carbonyl (C=O) groups is 1. The van der Waals surface area contributed by atoms with Gasteiger partial charge in [-0.2, -0.15) is 5.10 Å². The Balaban J connectivity index is 1.96. The highest BCUT2D eigenvalue weighted by atomic mass is 35.5. The number of carboxylic acid groups (broad SMARTS) is 1. The maximum Gasteiger partial charge on any atom is 0.335 e. The molecule has 0 heterocycles. The number of nitrogens with zero attached hydrogens (tertiary/aromatic N) is 2. The van der Waals surface area contributed by atoms with Crippen LogP contribution in [0.2, 0.25) is 5.02 Å². The Bertz CT molecular complexity index is 1100. The Hall–Kier alpha value is -3.42. The van der Waals surface area contributed by atoms with Gasteiger partial charge in [-0.1, -0.05) is 41.9 Å². The van der Waals surface area contributed by atoms with Crippen LogP contribution in [0.3, 0.4) is 0 Å². The van der Waals surface area contributed by atoms with Crippen LogP contribution in [0.5, 0.6) is 5.75 Å². The molecule has 4 N–H and O–H groups in total. The summed E-state index contributed by atoms with van der Waals surface area (Å²) in [4.78, 5) is 11.2. The van der Waals surface area contributed by atoms with Crippen LogP contribution in [0.15, 0.2) is 71.8 Å². The minimum atomic E-state index is -1.08. The van der Waals surface area contributed by atoms with Crippen molar-refractivity contribution in [1.29, 1.82) is 0 Å². The molecule has 3 aromatic rings. The van der Waals surface area contributed by atoms with Gasteiger partial charge in [0.25, 0.3) is 0 Å². The third-order valence-electron chi connectivity index (χ3n) is 4.08. The van der Waals surface area contributed by atoms with Crippen LogP contribution in [0, 0.1) is 0 Å². The van der Waals surface area contributed by atoms with E-state index in [1.807, 2.05) is 0 Å². The molecule has 8 heteroatoms. The number of hydrogen-bond acceptors (Lipinski definition) is 4. The number of nitrogens with two attached hydrogens (primary N) is 1. The highest BCUT2D eigenvalue weighted by molar-refractivity contribution is 7.80. The Morgan fingerprint density at radius 2 is 1.79 bits per heavy atom. The monoisotopic (exact) mass is 425 g/mol. The molecular formula is C21H16ClN3O3S. The number of thiocarbonyl (C=S) groups is 1. The van der Waals surface area contributed by atoms with Crippen molar-refractivity contribution in [2.75, 3.05) is 5.01 Å². The molecule has 3 aromatic carbocycles. The Labute approximate surface area is 177 Å². The summed E-state index contributed by atoms with van der Waals surface area (Å²) >= 11 is 11.0. The number of phenolic OH excluding ortho intramolecular Hbond substituents is 1. The SMILES string of the molecule is NC(=S)N(N=Cc1cccc(-c2ccc(Cl)cc2)c1O)c1cccc(C(=O)O)c1. The molecule has 146 valence electrons. The number of benzene rings is 3. The van der Waals surface area contributed by atoms with E-state index < -0.39 is 5.97 Å². The number of aromatic carboxylic acids is 1. The van der Waals surface area contributed by atoms with Crippen molar-refractivity contribution in [3.05, 3.63) is 82.9 Å². The molecule has 0 aliphatic heterocycles. The molecule has 0 fully saturated rings. The van der Waals surface area contributed by atoms with Crippen molar-refractivity contribution in [1.82, 2.24) is 0 Å². The second-order valence-electron chi connectivity index (χ2n) is 6.00. The quantitative estimate of drug-likeness (QED) is 0.316. The van der Waals surface area contributed by atoms with Crippen molar-refractivity contribution in [3.63, 3.8) is 0 Å². The van der Waals surface area contributed by atoms with Crippen LogP contribution in [-0.4, -0.2) is 27.5 Å². The summed E-state index contributed by atoms with van der Waals surface area (Å²) in [6.45, 7) is 0. The lowest BCUT2D eigenvalue weighted by molar-refractivity contribution is 0.0697. The fraction of sp³-hybridized carbons (Fsp3) is 0. The van der Waals surface area contributed by atoms with E-state index in [0.717, 1.165) is 5.56 Å². The zero-order valence-corrected chi connectivity index (χ0v) is 16.6. The van der Waals surface area contributed by atoms with E-state index in [1.165, 1.54) is 23.4 Å². The van der Waals surface area contributed by atoms with Crippen molar-refractivity contribution < 1.29 is 15.0 Å². The van der Waals surface area contributed by atoms with Gasteiger partial charge in [0.2, 0.25) is 0 Å². The first-order chi connectivity index (χ1) is 13.9. The second-order valence-corrected chi connectivity index (χ2v) is 6.86. The van der Waals surface area contributed by atoms with E-state index in [0.29, 0.717) is 21.8 Å². The fourth-order valence-corrected chi connectivity index (χ4v) is 2.95. The maximum atomic E-state index is 11.2. The second kappa shape index (κ2) is 8.72. The van der Waals surface area contributed by atoms with Crippen LogP contribution < -0.4 is 10.7 Å². The molecule has 0 spiro atoms. The lowest BCUT2D eigenvalue weighted by Gasteiger charge is -2.17. The van der Waals surface area contributed by atoms with Gasteiger partial charge in [0.1, 0.15) is 5.75 Å². The van der Waals surface area contributed by atoms with Crippen LogP contribution in [0.1, 0.15) is 15.9 Å². The molecule has 0 saturated carbocycles. The molecule has 0 saturated heterocycles. The summed E-state index contributed by atoms with van der Waals surface area (Å²) in [5.41, 5.74) is 8.06. The molecule has 0 aliphatic rings. The summed E-state index contributed by atoms with van der Waals surface area (Å²) in [7, 11) is 0. The Morgan fingerprint density at radius 1 is 1.10 bits per heavy atom. The number of phenols is 1. The first kappa shape index (κ1) is 20.3. The van der Waals surface area contributed by atoms with E-state index in [4.69, 9.17) is 34.7 Å². The normalized spacial score (nSPS) is 10.8. The molecule has 0 amide bonds. The minimum Gasteiger partial charge on any atom is -0.507 e. The van der Waals surface area contributed by atoms with Gasteiger partial charge in [-0.05, 0) is 54.2 Å². The average Bonchev–Trinajstić information content (AvgIpc) is 2.70. The van der Waals surface area contributed by atoms with Crippen molar-refractivity contribution >= 4 is 46.8 Å². The number of hydrazone groups is 1. The predicted molar refractivity (Wildman–Crippen MR) is 119 cm³/mol. The Kier molecular flexibility index (Phi) is 6.11. The first-order valence-electron chi connectivity index (χ1n) is 8.41. The van der Waals surface area contributed by atoms with E-state index in [9.17, 15) is 9.90 Å². The fourth-order valence-electron chi connectivity index (χ4n) is 2.67. The van der Waals surface area contributed by atoms with E-state index in [1.54, 1.807) is 54.6 Å². The van der Waals surface area contributed by atoms with E-state index in [-0.39, 0.29) is 16.4 Å². The highest BCUT2D eigenvalue weighted by Gasteiger charge is 2.12. The third kappa shape index (κ3) is 4.71. The molecule has 0 unspecified atom stereocenters. The number of aromatic hydroxyl groups is 1.